The van der Waals surface area contributed by atoms with Crippen LogP contribution in [-0.4, -0.2) is 41.7 Å². The third kappa shape index (κ3) is 5.14. The molecule has 2 atom stereocenters. The normalized spacial score (nSPS) is 13.2. The van der Waals surface area contributed by atoms with Gasteiger partial charge in [0.15, 0.2) is 5.69 Å². The Morgan fingerprint density at radius 2 is 1.75 bits per heavy atom. The summed E-state index contributed by atoms with van der Waals surface area (Å²) in [5, 5.41) is 36.0. The standard InChI is InChI=1S/C24H20N6O6/c1-13(31)14-2-4-15(5-3-14)22(32)20(28-29-23(33)16-8-10-25-11-9-16)21-24(34)27-19-12-17(30(35)36)6-7-18(19)26-21/h2-13,22,31-32H,1H3,(H,27,34)(H,29,33)/b28-20+/t13-,22-/m0/s1. The average molecular weight is 488 g/mol. The summed E-state index contributed by atoms with van der Waals surface area (Å²) in [4.78, 5) is 46.5. The van der Waals surface area contributed by atoms with Crippen molar-refractivity contribution >= 4 is 28.3 Å². The number of nitrogens with zero attached hydrogens (tertiary/aromatic N) is 4. The van der Waals surface area contributed by atoms with Gasteiger partial charge in [-0.25, -0.2) is 10.4 Å². The molecule has 0 aliphatic carbocycles. The summed E-state index contributed by atoms with van der Waals surface area (Å²) < 4.78 is 0. The number of pyridine rings is 1. The van der Waals surface area contributed by atoms with Crippen LogP contribution in [0.5, 0.6) is 0 Å². The van der Waals surface area contributed by atoms with Crippen LogP contribution in [0.4, 0.5) is 5.69 Å². The first kappa shape index (κ1) is 24.3. The van der Waals surface area contributed by atoms with E-state index in [1.165, 1.54) is 42.7 Å². The zero-order valence-electron chi connectivity index (χ0n) is 18.8. The van der Waals surface area contributed by atoms with Crippen LogP contribution in [0.3, 0.4) is 0 Å². The zero-order valence-corrected chi connectivity index (χ0v) is 18.8. The number of hydrogen-bond acceptors (Lipinski definition) is 9. The van der Waals surface area contributed by atoms with E-state index >= 15 is 0 Å². The first-order valence-electron chi connectivity index (χ1n) is 10.7. The summed E-state index contributed by atoms with van der Waals surface area (Å²) in [6.45, 7) is 1.59. The monoisotopic (exact) mass is 488 g/mol. The van der Waals surface area contributed by atoms with Gasteiger partial charge in [-0.05, 0) is 36.2 Å². The van der Waals surface area contributed by atoms with Gasteiger partial charge in [-0.15, -0.1) is 0 Å². The molecule has 2 heterocycles. The predicted molar refractivity (Wildman–Crippen MR) is 129 cm³/mol. The van der Waals surface area contributed by atoms with Gasteiger partial charge in [0, 0.05) is 30.1 Å². The first-order chi connectivity index (χ1) is 17.2. The molecule has 12 heteroatoms. The number of nitro groups is 1. The first-order valence-corrected chi connectivity index (χ1v) is 10.7. The molecule has 0 bridgehead atoms. The molecule has 182 valence electrons. The van der Waals surface area contributed by atoms with Crippen molar-refractivity contribution in [3.8, 4) is 0 Å². The molecular weight excluding hydrogens is 468 g/mol. The van der Waals surface area contributed by atoms with E-state index < -0.39 is 28.6 Å². The lowest BCUT2D eigenvalue weighted by molar-refractivity contribution is -0.384. The fraction of sp³-hybridized carbons (Fsp3) is 0.125. The number of aliphatic hydroxyl groups excluding tert-OH is 2. The number of carbonyl (C=O) groups excluding carboxylic acids is 1. The third-order valence-electron chi connectivity index (χ3n) is 5.34. The average Bonchev–Trinajstić information content (AvgIpc) is 2.88. The van der Waals surface area contributed by atoms with Crippen LogP contribution in [0.1, 0.15) is 46.3 Å². The number of benzene rings is 2. The predicted octanol–water partition coefficient (Wildman–Crippen LogP) is 2.15. The number of rotatable bonds is 7. The molecule has 4 rings (SSSR count). The SMILES string of the molecule is C[C@H](O)c1ccc([C@H](O)/C(=N/NC(=O)c2ccncc2)c2nc3ccc([N+](=O)[O-])cc3[nH]c2=O)cc1. The van der Waals surface area contributed by atoms with Crippen LogP contribution in [0.25, 0.3) is 11.0 Å². The number of aromatic nitrogens is 3. The largest absolute Gasteiger partial charge is 0.389 e. The number of amides is 1. The topological polar surface area (TPSA) is 184 Å². The molecule has 36 heavy (non-hydrogen) atoms. The molecule has 1 amide bonds. The minimum Gasteiger partial charge on any atom is -0.389 e. The van der Waals surface area contributed by atoms with Gasteiger partial charge < -0.3 is 15.2 Å². The molecule has 0 saturated carbocycles. The lowest BCUT2D eigenvalue weighted by Gasteiger charge is -2.15. The van der Waals surface area contributed by atoms with Gasteiger partial charge in [-0.1, -0.05) is 24.3 Å². The second-order valence-electron chi connectivity index (χ2n) is 7.79. The Hall–Kier alpha value is -4.81. The van der Waals surface area contributed by atoms with Gasteiger partial charge >= 0.3 is 0 Å². The highest BCUT2D eigenvalue weighted by atomic mass is 16.6. The Morgan fingerprint density at radius 1 is 1.08 bits per heavy atom. The smallest absolute Gasteiger partial charge is 0.276 e. The number of aliphatic hydroxyl groups is 2. The van der Waals surface area contributed by atoms with Gasteiger partial charge in [-0.2, -0.15) is 5.10 Å². The minimum absolute atomic E-state index is 0.119. The van der Waals surface area contributed by atoms with Gasteiger partial charge in [0.25, 0.3) is 17.2 Å². The van der Waals surface area contributed by atoms with Crippen molar-refractivity contribution in [2.24, 2.45) is 5.10 Å². The van der Waals surface area contributed by atoms with Crippen LogP contribution >= 0.6 is 0 Å². The summed E-state index contributed by atoms with van der Waals surface area (Å²) in [6.07, 6.45) is 0.632. The molecule has 0 aliphatic rings. The molecule has 2 aromatic carbocycles. The number of hydrogen-bond donors (Lipinski definition) is 4. The molecule has 12 nitrogen and oxygen atoms in total. The summed E-state index contributed by atoms with van der Waals surface area (Å²) in [6, 6.07) is 13.0. The van der Waals surface area contributed by atoms with Crippen molar-refractivity contribution in [2.45, 2.75) is 19.1 Å². The lowest BCUT2D eigenvalue weighted by Crippen LogP contribution is -2.29. The quantitative estimate of drug-likeness (QED) is 0.173. The fourth-order valence-corrected chi connectivity index (χ4v) is 3.40. The highest BCUT2D eigenvalue weighted by Crippen LogP contribution is 2.22. The molecular formula is C24H20N6O6. The Kier molecular flexibility index (Phi) is 6.90. The van der Waals surface area contributed by atoms with Crippen molar-refractivity contribution in [1.82, 2.24) is 20.4 Å². The molecule has 0 fully saturated rings. The Labute approximate surface area is 203 Å². The molecule has 2 aromatic heterocycles. The second-order valence-corrected chi connectivity index (χ2v) is 7.79. The van der Waals surface area contributed by atoms with Crippen LogP contribution < -0.4 is 11.0 Å². The lowest BCUT2D eigenvalue weighted by atomic mass is 10.00. The highest BCUT2D eigenvalue weighted by molar-refractivity contribution is 6.04. The Morgan fingerprint density at radius 3 is 2.39 bits per heavy atom. The number of hydrazone groups is 1. The van der Waals surface area contributed by atoms with Gasteiger partial charge in [0.05, 0.1) is 22.1 Å². The minimum atomic E-state index is -1.49. The van der Waals surface area contributed by atoms with Crippen LogP contribution in [0, 0.1) is 10.1 Å². The summed E-state index contributed by atoms with van der Waals surface area (Å²) in [7, 11) is 0. The molecule has 0 saturated heterocycles. The number of fused-ring (bicyclic) bond motifs is 1. The van der Waals surface area contributed by atoms with Crippen LogP contribution in [0.2, 0.25) is 0 Å². The van der Waals surface area contributed by atoms with Crippen molar-refractivity contribution in [3.63, 3.8) is 0 Å². The number of H-pyrrole nitrogens is 1. The van der Waals surface area contributed by atoms with Crippen LogP contribution in [-0.2, 0) is 0 Å². The summed E-state index contributed by atoms with van der Waals surface area (Å²) >= 11 is 0. The van der Waals surface area contributed by atoms with E-state index in [-0.39, 0.29) is 33.7 Å². The van der Waals surface area contributed by atoms with Crippen LogP contribution in [0.15, 0.2) is 76.9 Å². The maximum absolute atomic E-state index is 12.9. The molecule has 0 spiro atoms. The van der Waals surface area contributed by atoms with E-state index in [4.69, 9.17) is 0 Å². The van der Waals surface area contributed by atoms with Crippen molar-refractivity contribution in [2.75, 3.05) is 0 Å². The third-order valence-corrected chi connectivity index (χ3v) is 5.34. The molecule has 4 aromatic rings. The van der Waals surface area contributed by atoms with E-state index in [9.17, 15) is 29.9 Å². The summed E-state index contributed by atoms with van der Waals surface area (Å²) in [5.74, 6) is -0.612. The fourth-order valence-electron chi connectivity index (χ4n) is 3.40. The Bertz CT molecular complexity index is 1520. The van der Waals surface area contributed by atoms with Crippen molar-refractivity contribution in [3.05, 3.63) is 110 Å². The second kappa shape index (κ2) is 10.2. The zero-order chi connectivity index (χ0) is 25.8. The van der Waals surface area contributed by atoms with Gasteiger partial charge in [0.2, 0.25) is 0 Å². The highest BCUT2D eigenvalue weighted by Gasteiger charge is 2.24. The van der Waals surface area contributed by atoms with Crippen molar-refractivity contribution < 1.29 is 19.9 Å². The molecule has 0 unspecified atom stereocenters. The number of nitrogens with one attached hydrogen (secondary N) is 2. The molecule has 4 N–H and O–H groups in total. The number of aromatic amines is 1. The van der Waals surface area contributed by atoms with E-state index in [0.29, 0.717) is 11.1 Å². The van der Waals surface area contributed by atoms with E-state index in [0.717, 1.165) is 0 Å². The van der Waals surface area contributed by atoms with Crippen molar-refractivity contribution in [1.29, 1.82) is 0 Å². The van der Waals surface area contributed by atoms with E-state index in [1.54, 1.807) is 31.2 Å². The number of carbonyl (C=O) groups is 1. The Balaban J connectivity index is 1.79. The maximum atomic E-state index is 12.9. The number of non-ortho nitro benzene ring substituents is 1. The molecule has 0 radical (unpaired) electrons. The van der Waals surface area contributed by atoms with E-state index in [1.807, 2.05) is 0 Å². The number of nitro benzene ring substituents is 1. The summed E-state index contributed by atoms with van der Waals surface area (Å²) in [5.41, 5.74) is 2.26. The van der Waals surface area contributed by atoms with Gasteiger partial charge in [-0.3, -0.25) is 24.7 Å². The van der Waals surface area contributed by atoms with Gasteiger partial charge in [0.1, 0.15) is 11.8 Å². The van der Waals surface area contributed by atoms with E-state index in [2.05, 4.69) is 25.5 Å². The molecule has 0 aliphatic heterocycles. The maximum Gasteiger partial charge on any atom is 0.276 e.